The van der Waals surface area contributed by atoms with Crippen LogP contribution in [0.15, 0.2) is 24.4 Å². The molecule has 0 unspecified atom stereocenters. The van der Waals surface area contributed by atoms with Gasteiger partial charge in [-0.2, -0.15) is 0 Å². The predicted octanol–water partition coefficient (Wildman–Crippen LogP) is 2.48. The highest BCUT2D eigenvalue weighted by Crippen LogP contribution is 2.37. The Hall–Kier alpha value is -1.46. The Morgan fingerprint density at radius 2 is 1.75 bits per heavy atom. The molecule has 1 aromatic heterocycles. The van der Waals surface area contributed by atoms with Crippen molar-refractivity contribution in [3.05, 3.63) is 24.4 Å². The maximum atomic E-state index is 6.10. The van der Waals surface area contributed by atoms with Crippen LogP contribution in [-0.4, -0.2) is 30.4 Å². The van der Waals surface area contributed by atoms with Gasteiger partial charge in [-0.1, -0.05) is 0 Å². The van der Waals surface area contributed by atoms with Gasteiger partial charge in [0.2, 0.25) is 0 Å². The summed E-state index contributed by atoms with van der Waals surface area (Å²) in [5.74, 6) is 0.833. The van der Waals surface area contributed by atoms with E-state index in [1.54, 1.807) is 7.11 Å². The van der Waals surface area contributed by atoms with Gasteiger partial charge in [0.1, 0.15) is 5.75 Å². The molecule has 1 aromatic carbocycles. The molecular formula is C15H20BNO3. The van der Waals surface area contributed by atoms with Crippen LogP contribution in [0.3, 0.4) is 0 Å². The third-order valence-electron chi connectivity index (χ3n) is 4.43. The van der Waals surface area contributed by atoms with E-state index in [0.717, 1.165) is 22.1 Å². The first-order valence-corrected chi connectivity index (χ1v) is 6.85. The van der Waals surface area contributed by atoms with Gasteiger partial charge in [0.15, 0.2) is 0 Å². The van der Waals surface area contributed by atoms with E-state index in [4.69, 9.17) is 14.0 Å². The van der Waals surface area contributed by atoms with Gasteiger partial charge in [0.25, 0.3) is 0 Å². The molecule has 2 aromatic rings. The first-order chi connectivity index (χ1) is 9.34. The van der Waals surface area contributed by atoms with Crippen molar-refractivity contribution in [2.24, 2.45) is 0 Å². The van der Waals surface area contributed by atoms with Gasteiger partial charge in [0.05, 0.1) is 18.3 Å². The Morgan fingerprint density at radius 3 is 2.35 bits per heavy atom. The first kappa shape index (κ1) is 13.5. The number of aromatic nitrogens is 1. The Bertz CT molecular complexity index is 632. The third kappa shape index (κ3) is 1.93. The van der Waals surface area contributed by atoms with E-state index >= 15 is 0 Å². The topological polar surface area (TPSA) is 43.5 Å². The van der Waals surface area contributed by atoms with Crippen LogP contribution in [0.1, 0.15) is 27.7 Å². The summed E-state index contributed by atoms with van der Waals surface area (Å²) in [6.07, 6.45) is 1.95. The zero-order valence-electron chi connectivity index (χ0n) is 12.6. The molecule has 1 N–H and O–H groups in total. The molecule has 1 fully saturated rings. The van der Waals surface area contributed by atoms with E-state index in [-0.39, 0.29) is 18.3 Å². The number of aromatic amines is 1. The molecule has 20 heavy (non-hydrogen) atoms. The number of rotatable bonds is 2. The van der Waals surface area contributed by atoms with Crippen LogP contribution in [0.2, 0.25) is 0 Å². The molecule has 1 saturated heterocycles. The molecule has 0 atom stereocenters. The van der Waals surface area contributed by atoms with Gasteiger partial charge in [-0.05, 0) is 45.2 Å². The van der Waals surface area contributed by atoms with Crippen LogP contribution >= 0.6 is 0 Å². The molecule has 0 radical (unpaired) electrons. The quantitative estimate of drug-likeness (QED) is 0.855. The Kier molecular flexibility index (Phi) is 2.89. The number of ether oxygens (including phenoxy) is 1. The summed E-state index contributed by atoms with van der Waals surface area (Å²) in [6.45, 7) is 8.24. The van der Waals surface area contributed by atoms with Crippen molar-refractivity contribution in [3.8, 4) is 5.75 Å². The Morgan fingerprint density at radius 1 is 1.10 bits per heavy atom. The molecule has 0 spiro atoms. The minimum atomic E-state index is -0.345. The van der Waals surface area contributed by atoms with E-state index in [0.29, 0.717) is 0 Å². The van der Waals surface area contributed by atoms with Crippen molar-refractivity contribution in [2.45, 2.75) is 38.9 Å². The van der Waals surface area contributed by atoms with Crippen LogP contribution in [0.25, 0.3) is 10.9 Å². The molecule has 2 heterocycles. The summed E-state index contributed by atoms with van der Waals surface area (Å²) < 4.78 is 17.4. The van der Waals surface area contributed by atoms with Crippen LogP contribution in [0, 0.1) is 0 Å². The largest absolute Gasteiger partial charge is 0.497 e. The van der Waals surface area contributed by atoms with Gasteiger partial charge < -0.3 is 19.0 Å². The predicted molar refractivity (Wildman–Crippen MR) is 80.6 cm³/mol. The minimum absolute atomic E-state index is 0.326. The van der Waals surface area contributed by atoms with Crippen molar-refractivity contribution < 1.29 is 14.0 Å². The SMILES string of the molecule is COc1ccc2c(B3OC(C)(C)C(C)(C)O3)c[nH]c2c1. The molecule has 106 valence electrons. The Labute approximate surface area is 119 Å². The monoisotopic (exact) mass is 273 g/mol. The molecule has 5 heteroatoms. The van der Waals surface area contributed by atoms with Gasteiger partial charge in [-0.3, -0.25) is 0 Å². The van der Waals surface area contributed by atoms with Crippen LogP contribution in [-0.2, 0) is 9.31 Å². The lowest BCUT2D eigenvalue weighted by molar-refractivity contribution is 0.00578. The summed E-state index contributed by atoms with van der Waals surface area (Å²) in [5.41, 5.74) is 1.40. The molecule has 0 aliphatic carbocycles. The van der Waals surface area contributed by atoms with Crippen molar-refractivity contribution in [3.63, 3.8) is 0 Å². The van der Waals surface area contributed by atoms with E-state index in [2.05, 4.69) is 32.7 Å². The summed E-state index contributed by atoms with van der Waals surface area (Å²) in [6, 6.07) is 5.96. The lowest BCUT2D eigenvalue weighted by Gasteiger charge is -2.32. The fourth-order valence-corrected chi connectivity index (χ4v) is 2.42. The number of fused-ring (bicyclic) bond motifs is 1. The second kappa shape index (κ2) is 4.27. The molecule has 3 rings (SSSR count). The van der Waals surface area contributed by atoms with Crippen LogP contribution in [0.5, 0.6) is 5.75 Å². The lowest BCUT2D eigenvalue weighted by atomic mass is 9.79. The molecule has 0 bridgehead atoms. The van der Waals surface area contributed by atoms with Crippen LogP contribution in [0.4, 0.5) is 0 Å². The van der Waals surface area contributed by atoms with Gasteiger partial charge in [-0.25, -0.2) is 0 Å². The minimum Gasteiger partial charge on any atom is -0.497 e. The Balaban J connectivity index is 2.00. The molecular weight excluding hydrogens is 253 g/mol. The zero-order chi connectivity index (χ0) is 14.5. The number of H-pyrrole nitrogens is 1. The fraction of sp³-hybridized carbons (Fsp3) is 0.467. The van der Waals surface area contributed by atoms with Crippen LogP contribution < -0.4 is 10.2 Å². The average Bonchev–Trinajstić information content (AvgIpc) is 2.87. The summed E-state index contributed by atoms with van der Waals surface area (Å²) in [5, 5.41) is 1.10. The smallest absolute Gasteiger partial charge is 0.497 e. The summed E-state index contributed by atoms with van der Waals surface area (Å²) >= 11 is 0. The second-order valence-corrected chi connectivity index (χ2v) is 6.24. The highest BCUT2D eigenvalue weighted by Gasteiger charge is 2.52. The molecule has 4 nitrogen and oxygen atoms in total. The van der Waals surface area contributed by atoms with Crippen molar-refractivity contribution >= 4 is 23.5 Å². The lowest BCUT2D eigenvalue weighted by Crippen LogP contribution is -2.41. The maximum Gasteiger partial charge on any atom is 0.497 e. The molecule has 0 amide bonds. The summed E-state index contributed by atoms with van der Waals surface area (Å²) in [4.78, 5) is 3.25. The van der Waals surface area contributed by atoms with E-state index in [9.17, 15) is 0 Å². The highest BCUT2D eigenvalue weighted by molar-refractivity contribution is 6.65. The number of hydrogen-bond acceptors (Lipinski definition) is 3. The van der Waals surface area contributed by atoms with E-state index in [1.165, 1.54) is 0 Å². The average molecular weight is 273 g/mol. The third-order valence-corrected chi connectivity index (χ3v) is 4.43. The summed E-state index contributed by atoms with van der Waals surface area (Å²) in [7, 11) is 1.32. The number of benzene rings is 1. The molecule has 0 saturated carbocycles. The van der Waals surface area contributed by atoms with Gasteiger partial charge in [-0.15, -0.1) is 0 Å². The molecule has 1 aliphatic rings. The standard InChI is InChI=1S/C15H20BNO3/c1-14(2)15(3,4)20-16(19-14)12-9-17-13-8-10(18-5)6-7-11(12)13/h6-9,17H,1-5H3. The van der Waals surface area contributed by atoms with Crippen molar-refractivity contribution in [1.29, 1.82) is 0 Å². The van der Waals surface area contributed by atoms with Crippen molar-refractivity contribution in [1.82, 2.24) is 4.98 Å². The number of methoxy groups -OCH3 is 1. The maximum absolute atomic E-state index is 6.10. The fourth-order valence-electron chi connectivity index (χ4n) is 2.42. The molecule has 1 aliphatic heterocycles. The number of nitrogens with one attached hydrogen (secondary N) is 1. The number of hydrogen-bond donors (Lipinski definition) is 1. The zero-order valence-corrected chi connectivity index (χ0v) is 12.6. The second-order valence-electron chi connectivity index (χ2n) is 6.24. The van der Waals surface area contributed by atoms with Gasteiger partial charge >= 0.3 is 7.12 Å². The van der Waals surface area contributed by atoms with Gasteiger partial charge in [0, 0.05) is 23.2 Å². The van der Waals surface area contributed by atoms with E-state index < -0.39 is 0 Å². The normalized spacial score (nSPS) is 20.6. The highest BCUT2D eigenvalue weighted by atomic mass is 16.7. The van der Waals surface area contributed by atoms with Crippen molar-refractivity contribution in [2.75, 3.05) is 7.11 Å². The van der Waals surface area contributed by atoms with E-state index in [1.807, 2.05) is 24.4 Å². The first-order valence-electron chi connectivity index (χ1n) is 6.85.